The minimum Gasteiger partial charge on any atom is -0.455 e. The van der Waals surface area contributed by atoms with Gasteiger partial charge in [0.25, 0.3) is 5.91 Å². The summed E-state index contributed by atoms with van der Waals surface area (Å²) in [7, 11) is 0. The summed E-state index contributed by atoms with van der Waals surface area (Å²) in [5, 5.41) is 2.70. The van der Waals surface area contributed by atoms with Crippen LogP contribution in [0.25, 0.3) is 0 Å². The molecular weight excluding hydrogens is 352 g/mol. The van der Waals surface area contributed by atoms with Crippen molar-refractivity contribution in [3.05, 3.63) is 70.2 Å². The van der Waals surface area contributed by atoms with Crippen LogP contribution < -0.4 is 5.32 Å². The molecule has 2 aromatic carbocycles. The third-order valence-corrected chi connectivity index (χ3v) is 3.75. The third kappa shape index (κ3) is 6.15. The van der Waals surface area contributed by atoms with Gasteiger partial charge in [-0.3, -0.25) is 9.59 Å². The molecule has 0 radical (unpaired) electrons. The Balaban J connectivity index is 1.70. The second kappa shape index (κ2) is 9.13. The maximum Gasteiger partial charge on any atom is 0.310 e. The average Bonchev–Trinajstić information content (AvgIpc) is 2.58. The monoisotopic (exact) mass is 367 g/mol. The fourth-order valence-corrected chi connectivity index (χ4v) is 2.32. The molecule has 0 unspecified atom stereocenters. The van der Waals surface area contributed by atoms with Crippen molar-refractivity contribution in [2.75, 3.05) is 13.2 Å². The van der Waals surface area contributed by atoms with Crippen molar-refractivity contribution in [1.29, 1.82) is 0 Å². The van der Waals surface area contributed by atoms with Crippen LogP contribution in [0.5, 0.6) is 0 Å². The highest BCUT2D eigenvalue weighted by Crippen LogP contribution is 2.19. The fraction of sp³-hybridized carbons (Fsp3) is 0.222. The fourth-order valence-electron chi connectivity index (χ4n) is 2.09. The van der Waals surface area contributed by atoms with Gasteiger partial charge in [0.15, 0.2) is 6.61 Å². The van der Waals surface area contributed by atoms with Crippen LogP contribution in [0.15, 0.2) is 42.5 Å². The molecule has 1 amide bonds. The maximum absolute atomic E-state index is 13.6. The van der Waals surface area contributed by atoms with Crippen LogP contribution in [0.4, 0.5) is 8.78 Å². The summed E-state index contributed by atoms with van der Waals surface area (Å²) >= 11 is 5.82. The van der Waals surface area contributed by atoms with Gasteiger partial charge in [0.2, 0.25) is 0 Å². The highest BCUT2D eigenvalue weighted by Gasteiger charge is 2.14. The van der Waals surface area contributed by atoms with Gasteiger partial charge in [-0.1, -0.05) is 29.8 Å². The Morgan fingerprint density at radius 3 is 2.48 bits per heavy atom. The van der Waals surface area contributed by atoms with Crippen molar-refractivity contribution in [2.45, 2.75) is 12.8 Å². The van der Waals surface area contributed by atoms with E-state index in [1.165, 1.54) is 30.3 Å². The van der Waals surface area contributed by atoms with Crippen molar-refractivity contribution in [3.8, 4) is 0 Å². The number of carbonyl (C=O) groups excluding carboxylic acids is 2. The van der Waals surface area contributed by atoms with E-state index in [1.54, 1.807) is 12.1 Å². The van der Waals surface area contributed by atoms with Crippen molar-refractivity contribution >= 4 is 23.5 Å². The second-order valence-electron chi connectivity index (χ2n) is 5.26. The molecule has 0 bridgehead atoms. The van der Waals surface area contributed by atoms with E-state index in [0.717, 1.165) is 5.56 Å². The van der Waals surface area contributed by atoms with E-state index in [1.807, 2.05) is 0 Å². The molecule has 2 rings (SSSR count). The molecule has 4 nitrogen and oxygen atoms in total. The zero-order chi connectivity index (χ0) is 18.2. The Kier molecular flexibility index (Phi) is 6.89. The Hall–Kier alpha value is -2.47. The minimum absolute atomic E-state index is 0.0332. The predicted octanol–water partition coefficient (Wildman–Crippen LogP) is 3.06. The summed E-state index contributed by atoms with van der Waals surface area (Å²) in [6.07, 6.45) is 0.166. The highest BCUT2D eigenvalue weighted by molar-refractivity contribution is 6.31. The second-order valence-corrected chi connectivity index (χ2v) is 5.67. The molecule has 7 heteroatoms. The first-order chi connectivity index (χ1) is 12.0. The molecule has 132 valence electrons. The molecule has 0 aromatic heterocycles. The van der Waals surface area contributed by atoms with E-state index in [-0.39, 0.29) is 22.8 Å². The Bertz CT molecular complexity index is 730. The van der Waals surface area contributed by atoms with Gasteiger partial charge in [0.05, 0.1) is 6.42 Å². The summed E-state index contributed by atoms with van der Waals surface area (Å²) in [5.41, 5.74) is 0.902. The van der Waals surface area contributed by atoms with Crippen LogP contribution in [-0.2, 0) is 27.2 Å². The summed E-state index contributed by atoms with van der Waals surface area (Å²) in [4.78, 5) is 23.3. The smallest absolute Gasteiger partial charge is 0.310 e. The van der Waals surface area contributed by atoms with E-state index in [4.69, 9.17) is 16.3 Å². The first kappa shape index (κ1) is 18.9. The number of hydrogen-bond acceptors (Lipinski definition) is 3. The molecule has 0 aliphatic rings. The number of carbonyl (C=O) groups is 2. The van der Waals surface area contributed by atoms with Crippen LogP contribution in [0.1, 0.15) is 11.1 Å². The number of amides is 1. The normalized spacial score (nSPS) is 10.4. The molecule has 2 aromatic rings. The lowest BCUT2D eigenvalue weighted by atomic mass is 10.1. The number of ether oxygens (including phenoxy) is 1. The van der Waals surface area contributed by atoms with Crippen molar-refractivity contribution in [2.24, 2.45) is 0 Å². The topological polar surface area (TPSA) is 55.4 Å². The highest BCUT2D eigenvalue weighted by atomic mass is 35.5. The first-order valence-corrected chi connectivity index (χ1v) is 7.93. The zero-order valence-corrected chi connectivity index (χ0v) is 14.0. The van der Waals surface area contributed by atoms with Gasteiger partial charge in [-0.05, 0) is 36.2 Å². The molecule has 0 atom stereocenters. The quantitative estimate of drug-likeness (QED) is 0.765. The van der Waals surface area contributed by atoms with Gasteiger partial charge in [-0.15, -0.1) is 0 Å². The molecule has 0 saturated heterocycles. The van der Waals surface area contributed by atoms with Crippen molar-refractivity contribution in [3.63, 3.8) is 0 Å². The van der Waals surface area contributed by atoms with E-state index in [9.17, 15) is 18.4 Å². The van der Waals surface area contributed by atoms with E-state index in [0.29, 0.717) is 13.0 Å². The van der Waals surface area contributed by atoms with Crippen LogP contribution in [-0.4, -0.2) is 25.0 Å². The van der Waals surface area contributed by atoms with Crippen molar-refractivity contribution < 1.29 is 23.1 Å². The molecule has 0 aliphatic carbocycles. The minimum atomic E-state index is -0.749. The number of esters is 1. The van der Waals surface area contributed by atoms with Gasteiger partial charge in [-0.25, -0.2) is 8.78 Å². The first-order valence-electron chi connectivity index (χ1n) is 7.55. The van der Waals surface area contributed by atoms with E-state index < -0.39 is 24.3 Å². The number of hydrogen-bond donors (Lipinski definition) is 1. The molecule has 0 fully saturated rings. The van der Waals surface area contributed by atoms with Gasteiger partial charge in [0.1, 0.15) is 11.6 Å². The Morgan fingerprint density at radius 1 is 1.08 bits per heavy atom. The Morgan fingerprint density at radius 2 is 1.80 bits per heavy atom. The predicted molar refractivity (Wildman–Crippen MR) is 89.2 cm³/mol. The SMILES string of the molecule is O=C(COC(=O)Cc1c(F)cccc1Cl)NCCc1ccc(F)cc1. The van der Waals surface area contributed by atoms with Crippen LogP contribution in [0.2, 0.25) is 5.02 Å². The lowest BCUT2D eigenvalue weighted by Gasteiger charge is -2.08. The van der Waals surface area contributed by atoms with E-state index in [2.05, 4.69) is 5.32 Å². The lowest BCUT2D eigenvalue weighted by Crippen LogP contribution is -2.30. The van der Waals surface area contributed by atoms with Crippen LogP contribution >= 0.6 is 11.6 Å². The molecule has 1 N–H and O–H groups in total. The van der Waals surface area contributed by atoms with Gasteiger partial charge >= 0.3 is 5.97 Å². The summed E-state index contributed by atoms with van der Waals surface area (Å²) in [6.45, 7) is -0.143. The standard InChI is InChI=1S/C18H16ClF2NO3/c19-15-2-1-3-16(21)14(15)10-18(24)25-11-17(23)22-9-8-12-4-6-13(20)7-5-12/h1-7H,8-11H2,(H,22,23). The van der Waals surface area contributed by atoms with Crippen LogP contribution in [0.3, 0.4) is 0 Å². The lowest BCUT2D eigenvalue weighted by molar-refractivity contribution is -0.147. The molecule has 25 heavy (non-hydrogen) atoms. The van der Waals surface area contributed by atoms with Crippen molar-refractivity contribution in [1.82, 2.24) is 5.32 Å². The molecular formula is C18H16ClF2NO3. The third-order valence-electron chi connectivity index (χ3n) is 3.40. The summed E-state index contributed by atoms with van der Waals surface area (Å²) in [6, 6.07) is 10.0. The largest absolute Gasteiger partial charge is 0.455 e. The Labute approximate surface area is 148 Å². The molecule has 0 aliphatic heterocycles. The zero-order valence-electron chi connectivity index (χ0n) is 13.2. The number of halogens is 3. The summed E-state index contributed by atoms with van der Waals surface area (Å²) in [5.74, 6) is -2.15. The molecule has 0 spiro atoms. The number of benzene rings is 2. The molecule has 0 saturated carbocycles. The van der Waals surface area contributed by atoms with Gasteiger partial charge in [-0.2, -0.15) is 0 Å². The van der Waals surface area contributed by atoms with Gasteiger partial charge < -0.3 is 10.1 Å². The average molecular weight is 368 g/mol. The summed E-state index contributed by atoms with van der Waals surface area (Å²) < 4.78 is 31.1. The maximum atomic E-state index is 13.6. The van der Waals surface area contributed by atoms with Crippen LogP contribution in [0, 0.1) is 11.6 Å². The number of rotatable bonds is 7. The molecule has 0 heterocycles. The number of nitrogens with one attached hydrogen (secondary N) is 1. The van der Waals surface area contributed by atoms with E-state index >= 15 is 0 Å². The van der Waals surface area contributed by atoms with Gasteiger partial charge in [0, 0.05) is 17.1 Å².